The largest absolute Gasteiger partial charge is 0.482 e. The summed E-state index contributed by atoms with van der Waals surface area (Å²) in [6.45, 7) is 1.84. The van der Waals surface area contributed by atoms with Gasteiger partial charge in [-0.15, -0.1) is 11.3 Å². The summed E-state index contributed by atoms with van der Waals surface area (Å²) in [7, 11) is 0. The minimum atomic E-state index is -0.450. The van der Waals surface area contributed by atoms with Crippen molar-refractivity contribution in [1.29, 1.82) is 0 Å². The number of carbonyl (C=O) groups is 1. The number of nitrogens with zero attached hydrogens (tertiary/aromatic N) is 1. The van der Waals surface area contributed by atoms with Gasteiger partial charge in [-0.2, -0.15) is 0 Å². The molecule has 0 spiro atoms. The van der Waals surface area contributed by atoms with E-state index in [2.05, 4.69) is 5.16 Å². The lowest BCUT2D eigenvalue weighted by atomic mass is 10.2. The molecule has 0 radical (unpaired) electrons. The molecule has 118 valence electrons. The second-order valence-corrected chi connectivity index (χ2v) is 5.82. The molecular weight excluding hydrogens is 314 g/mol. The molecule has 0 saturated heterocycles. The first kappa shape index (κ1) is 15.3. The lowest BCUT2D eigenvalue weighted by molar-refractivity contribution is -0.147. The van der Waals surface area contributed by atoms with Crippen molar-refractivity contribution in [1.82, 2.24) is 5.16 Å². The lowest BCUT2D eigenvalue weighted by Gasteiger charge is -2.08. The van der Waals surface area contributed by atoms with Gasteiger partial charge in [-0.25, -0.2) is 4.79 Å². The van der Waals surface area contributed by atoms with Crippen LogP contribution in [-0.4, -0.2) is 17.7 Å². The van der Waals surface area contributed by atoms with E-state index in [0.29, 0.717) is 17.2 Å². The highest BCUT2D eigenvalue weighted by Gasteiger charge is 2.11. The van der Waals surface area contributed by atoms with E-state index in [1.54, 1.807) is 17.4 Å². The lowest BCUT2D eigenvalue weighted by Crippen LogP contribution is -2.15. The van der Waals surface area contributed by atoms with Crippen LogP contribution in [0.4, 0.5) is 0 Å². The number of hydrogen-bond donors (Lipinski definition) is 0. The van der Waals surface area contributed by atoms with Crippen molar-refractivity contribution in [2.75, 3.05) is 6.61 Å². The van der Waals surface area contributed by atoms with Gasteiger partial charge in [0, 0.05) is 6.07 Å². The number of esters is 1. The molecule has 3 aromatic rings. The molecule has 3 rings (SSSR count). The van der Waals surface area contributed by atoms with E-state index in [-0.39, 0.29) is 13.2 Å². The van der Waals surface area contributed by atoms with Crippen molar-refractivity contribution in [2.45, 2.75) is 13.5 Å². The summed E-state index contributed by atoms with van der Waals surface area (Å²) in [5.41, 5.74) is 1.54. The molecule has 2 aromatic heterocycles. The van der Waals surface area contributed by atoms with Crippen LogP contribution < -0.4 is 4.74 Å². The molecule has 2 heterocycles. The molecule has 6 heteroatoms. The first-order chi connectivity index (χ1) is 11.2. The number of thiophene rings is 1. The van der Waals surface area contributed by atoms with Gasteiger partial charge in [-0.05, 0) is 30.0 Å². The zero-order valence-corrected chi connectivity index (χ0v) is 13.3. The van der Waals surface area contributed by atoms with Crippen molar-refractivity contribution in [3.8, 4) is 16.4 Å². The van der Waals surface area contributed by atoms with E-state index in [9.17, 15) is 4.79 Å². The van der Waals surface area contributed by atoms with Crippen molar-refractivity contribution in [2.24, 2.45) is 0 Å². The quantitative estimate of drug-likeness (QED) is 0.643. The Hall–Kier alpha value is -2.60. The summed E-state index contributed by atoms with van der Waals surface area (Å²) in [6, 6.07) is 13.1. The fourth-order valence-corrected chi connectivity index (χ4v) is 2.64. The molecule has 0 fully saturated rings. The molecule has 0 aliphatic rings. The maximum Gasteiger partial charge on any atom is 0.344 e. The smallest absolute Gasteiger partial charge is 0.344 e. The number of carbonyl (C=O) groups excluding carboxylic acids is 1. The van der Waals surface area contributed by atoms with Crippen molar-refractivity contribution in [3.63, 3.8) is 0 Å². The summed E-state index contributed by atoms with van der Waals surface area (Å²) in [5.74, 6) is 0.891. The van der Waals surface area contributed by atoms with Crippen LogP contribution in [0.5, 0.6) is 5.75 Å². The van der Waals surface area contributed by atoms with Crippen LogP contribution in [0.3, 0.4) is 0 Å². The number of aryl methyl sites for hydroxylation is 1. The van der Waals surface area contributed by atoms with Crippen molar-refractivity contribution in [3.05, 3.63) is 59.1 Å². The van der Waals surface area contributed by atoms with E-state index in [4.69, 9.17) is 14.0 Å². The van der Waals surface area contributed by atoms with Gasteiger partial charge in [0.1, 0.15) is 18.1 Å². The Labute approximate surface area is 137 Å². The Kier molecular flexibility index (Phi) is 4.73. The maximum atomic E-state index is 11.7. The minimum absolute atomic E-state index is 0.0604. The summed E-state index contributed by atoms with van der Waals surface area (Å²) in [5, 5.41) is 5.85. The van der Waals surface area contributed by atoms with E-state index in [1.165, 1.54) is 0 Å². The highest BCUT2D eigenvalue weighted by atomic mass is 32.1. The second kappa shape index (κ2) is 7.11. The maximum absolute atomic E-state index is 11.7. The molecule has 0 atom stereocenters. The van der Waals surface area contributed by atoms with E-state index in [1.807, 2.05) is 48.7 Å². The molecular formula is C17H15NO4S. The molecule has 1 aromatic carbocycles. The zero-order chi connectivity index (χ0) is 16.1. The predicted octanol–water partition coefficient (Wildman–Crippen LogP) is 3.83. The average Bonchev–Trinajstić information content (AvgIpc) is 3.23. The average molecular weight is 329 g/mol. The van der Waals surface area contributed by atoms with Crippen LogP contribution in [0.2, 0.25) is 0 Å². The van der Waals surface area contributed by atoms with Crippen molar-refractivity contribution < 1.29 is 18.8 Å². The molecule has 0 unspecified atom stereocenters. The van der Waals surface area contributed by atoms with E-state index >= 15 is 0 Å². The fraction of sp³-hybridized carbons (Fsp3) is 0.176. The summed E-state index contributed by atoms with van der Waals surface area (Å²) in [6.07, 6.45) is 0. The molecule has 0 N–H and O–H groups in total. The Balaban J connectivity index is 1.49. The van der Waals surface area contributed by atoms with Gasteiger partial charge in [0.15, 0.2) is 12.4 Å². The summed E-state index contributed by atoms with van der Waals surface area (Å²) >= 11 is 1.56. The Morgan fingerprint density at radius 3 is 2.91 bits per heavy atom. The number of para-hydroxylation sites is 1. The first-order valence-corrected chi connectivity index (χ1v) is 7.94. The third-order valence-electron chi connectivity index (χ3n) is 3.14. The van der Waals surface area contributed by atoms with E-state index in [0.717, 1.165) is 10.4 Å². The molecule has 0 aliphatic carbocycles. The Morgan fingerprint density at radius 2 is 2.13 bits per heavy atom. The number of aromatic nitrogens is 1. The second-order valence-electron chi connectivity index (χ2n) is 4.87. The van der Waals surface area contributed by atoms with Gasteiger partial charge in [0.05, 0.1) is 4.88 Å². The third-order valence-corrected chi connectivity index (χ3v) is 4.03. The molecule has 23 heavy (non-hydrogen) atoms. The summed E-state index contributed by atoms with van der Waals surface area (Å²) in [4.78, 5) is 12.7. The number of benzene rings is 1. The normalized spacial score (nSPS) is 10.5. The van der Waals surface area contributed by atoms with Crippen LogP contribution in [0.1, 0.15) is 11.3 Å². The minimum Gasteiger partial charge on any atom is -0.482 e. The molecule has 0 amide bonds. The monoisotopic (exact) mass is 329 g/mol. The molecule has 0 saturated carbocycles. The van der Waals surface area contributed by atoms with Crippen molar-refractivity contribution >= 4 is 17.3 Å². The van der Waals surface area contributed by atoms with Crippen LogP contribution in [-0.2, 0) is 16.1 Å². The standard InChI is InChI=1S/C17H15NO4S/c1-12-5-2-3-6-14(12)20-11-17(19)21-10-13-9-15(22-18-13)16-7-4-8-23-16/h2-9H,10-11H2,1H3. The number of ether oxygens (including phenoxy) is 2. The Morgan fingerprint density at radius 1 is 1.26 bits per heavy atom. The first-order valence-electron chi connectivity index (χ1n) is 7.06. The van der Waals surface area contributed by atoms with Gasteiger partial charge < -0.3 is 14.0 Å². The van der Waals surface area contributed by atoms with E-state index < -0.39 is 5.97 Å². The molecule has 0 aliphatic heterocycles. The van der Waals surface area contributed by atoms with Gasteiger partial charge in [-0.1, -0.05) is 29.4 Å². The van der Waals surface area contributed by atoms with Crippen LogP contribution >= 0.6 is 11.3 Å². The van der Waals surface area contributed by atoms with Crippen LogP contribution in [0.25, 0.3) is 10.6 Å². The zero-order valence-electron chi connectivity index (χ0n) is 12.5. The van der Waals surface area contributed by atoms with Gasteiger partial charge in [0.25, 0.3) is 0 Å². The summed E-state index contributed by atoms with van der Waals surface area (Å²) < 4.78 is 15.8. The highest BCUT2D eigenvalue weighted by molar-refractivity contribution is 7.13. The predicted molar refractivity (Wildman–Crippen MR) is 86.3 cm³/mol. The highest BCUT2D eigenvalue weighted by Crippen LogP contribution is 2.25. The Bertz CT molecular complexity index is 780. The van der Waals surface area contributed by atoms with Crippen LogP contribution in [0, 0.1) is 6.92 Å². The third kappa shape index (κ3) is 3.98. The van der Waals surface area contributed by atoms with Crippen LogP contribution in [0.15, 0.2) is 52.4 Å². The van der Waals surface area contributed by atoms with Gasteiger partial charge in [0.2, 0.25) is 0 Å². The van der Waals surface area contributed by atoms with Gasteiger partial charge >= 0.3 is 5.97 Å². The molecule has 0 bridgehead atoms. The number of hydrogen-bond acceptors (Lipinski definition) is 6. The number of rotatable bonds is 6. The SMILES string of the molecule is Cc1ccccc1OCC(=O)OCc1cc(-c2cccs2)on1. The molecule has 5 nitrogen and oxygen atoms in total. The van der Waals surface area contributed by atoms with Gasteiger partial charge in [-0.3, -0.25) is 0 Å². The topological polar surface area (TPSA) is 61.6 Å². The fourth-order valence-electron chi connectivity index (χ4n) is 1.97.